The van der Waals surface area contributed by atoms with E-state index in [-0.39, 0.29) is 30.4 Å². The molecule has 2 unspecified atom stereocenters. The lowest BCUT2D eigenvalue weighted by atomic mass is 10.1. The Morgan fingerprint density at radius 2 is 2.23 bits per heavy atom. The lowest BCUT2D eigenvalue weighted by molar-refractivity contribution is -0.123. The molecule has 0 bridgehead atoms. The van der Waals surface area contributed by atoms with Crippen LogP contribution in [0.5, 0.6) is 11.5 Å². The van der Waals surface area contributed by atoms with Gasteiger partial charge in [0.2, 0.25) is 5.91 Å². The molecule has 124 valence electrons. The van der Waals surface area contributed by atoms with Gasteiger partial charge in [-0.3, -0.25) is 4.79 Å². The van der Waals surface area contributed by atoms with Gasteiger partial charge in [-0.15, -0.1) is 12.4 Å². The fourth-order valence-electron chi connectivity index (χ4n) is 2.53. The molecule has 22 heavy (non-hydrogen) atoms. The summed E-state index contributed by atoms with van der Waals surface area (Å²) in [5.74, 6) is 1.47. The van der Waals surface area contributed by atoms with Crippen molar-refractivity contribution >= 4 is 18.3 Å². The molecule has 6 heteroatoms. The number of benzene rings is 1. The van der Waals surface area contributed by atoms with E-state index in [9.17, 15) is 4.79 Å². The van der Waals surface area contributed by atoms with Crippen molar-refractivity contribution in [2.24, 2.45) is 0 Å². The molecule has 0 aromatic heterocycles. The molecule has 1 saturated heterocycles. The van der Waals surface area contributed by atoms with E-state index in [1.165, 1.54) is 0 Å². The molecule has 1 heterocycles. The minimum Gasteiger partial charge on any atom is -0.493 e. The first kappa shape index (κ1) is 18.6. The second-order valence-electron chi connectivity index (χ2n) is 5.22. The van der Waals surface area contributed by atoms with Gasteiger partial charge in [0.15, 0.2) is 11.5 Å². The molecule has 2 N–H and O–H groups in total. The standard InChI is InChI=1S/C16H24N2O3.ClH/c1-4-21-14-8-7-12(10-15(14)20-3)11(2)18-16(19)13-6-5-9-17-13;/h7-8,10-11,13,17H,4-6,9H2,1-3H3,(H,18,19);1H. The van der Waals surface area contributed by atoms with Crippen LogP contribution in [0.4, 0.5) is 0 Å². The van der Waals surface area contributed by atoms with E-state index >= 15 is 0 Å². The molecule has 0 aliphatic carbocycles. The van der Waals surface area contributed by atoms with Crippen molar-refractivity contribution in [2.45, 2.75) is 38.8 Å². The van der Waals surface area contributed by atoms with Gasteiger partial charge < -0.3 is 20.1 Å². The largest absolute Gasteiger partial charge is 0.493 e. The number of amides is 1. The molecule has 1 fully saturated rings. The van der Waals surface area contributed by atoms with E-state index in [1.54, 1.807) is 7.11 Å². The summed E-state index contributed by atoms with van der Waals surface area (Å²) in [6.45, 7) is 5.42. The lowest BCUT2D eigenvalue weighted by Gasteiger charge is -2.19. The van der Waals surface area contributed by atoms with Crippen molar-refractivity contribution in [2.75, 3.05) is 20.3 Å². The van der Waals surface area contributed by atoms with Crippen LogP contribution in [-0.4, -0.2) is 32.2 Å². The van der Waals surface area contributed by atoms with Crippen molar-refractivity contribution in [3.8, 4) is 11.5 Å². The Labute approximate surface area is 138 Å². The zero-order valence-corrected chi connectivity index (χ0v) is 14.2. The third-order valence-corrected chi connectivity index (χ3v) is 3.72. The van der Waals surface area contributed by atoms with Crippen LogP contribution in [0.2, 0.25) is 0 Å². The summed E-state index contributed by atoms with van der Waals surface area (Å²) < 4.78 is 10.8. The van der Waals surface area contributed by atoms with Gasteiger partial charge in [0.25, 0.3) is 0 Å². The van der Waals surface area contributed by atoms with Crippen LogP contribution < -0.4 is 20.1 Å². The highest BCUT2D eigenvalue weighted by Crippen LogP contribution is 2.30. The van der Waals surface area contributed by atoms with Gasteiger partial charge in [-0.25, -0.2) is 0 Å². The molecule has 0 spiro atoms. The van der Waals surface area contributed by atoms with Crippen molar-refractivity contribution in [3.05, 3.63) is 23.8 Å². The van der Waals surface area contributed by atoms with Crippen LogP contribution in [0.15, 0.2) is 18.2 Å². The fraction of sp³-hybridized carbons (Fsp3) is 0.562. The number of hydrogen-bond donors (Lipinski definition) is 2. The van der Waals surface area contributed by atoms with Gasteiger partial charge in [0.1, 0.15) is 0 Å². The van der Waals surface area contributed by atoms with Gasteiger partial charge in [-0.1, -0.05) is 6.07 Å². The maximum Gasteiger partial charge on any atom is 0.237 e. The number of carbonyl (C=O) groups is 1. The molecule has 5 nitrogen and oxygen atoms in total. The highest BCUT2D eigenvalue weighted by atomic mass is 35.5. The Balaban J connectivity index is 0.00000242. The highest BCUT2D eigenvalue weighted by molar-refractivity contribution is 5.85. The molecule has 1 amide bonds. The Morgan fingerprint density at radius 1 is 1.45 bits per heavy atom. The monoisotopic (exact) mass is 328 g/mol. The van der Waals surface area contributed by atoms with E-state index in [0.717, 1.165) is 30.7 Å². The average Bonchev–Trinajstić information content (AvgIpc) is 3.02. The molecule has 2 rings (SSSR count). The van der Waals surface area contributed by atoms with Gasteiger partial charge in [-0.05, 0) is 50.9 Å². The molecule has 0 radical (unpaired) electrons. The molecule has 2 atom stereocenters. The summed E-state index contributed by atoms with van der Waals surface area (Å²) in [5, 5.41) is 6.25. The third kappa shape index (κ3) is 4.52. The Morgan fingerprint density at radius 3 is 2.82 bits per heavy atom. The number of nitrogens with one attached hydrogen (secondary N) is 2. The second kappa shape index (κ2) is 8.86. The molecular formula is C16H25ClN2O3. The molecule has 0 saturated carbocycles. The Hall–Kier alpha value is -1.46. The van der Waals surface area contributed by atoms with Crippen molar-refractivity contribution < 1.29 is 14.3 Å². The van der Waals surface area contributed by atoms with Crippen LogP contribution >= 0.6 is 12.4 Å². The fourth-order valence-corrected chi connectivity index (χ4v) is 2.53. The van der Waals surface area contributed by atoms with E-state index in [1.807, 2.05) is 32.0 Å². The summed E-state index contributed by atoms with van der Waals surface area (Å²) in [5.41, 5.74) is 1.00. The van der Waals surface area contributed by atoms with Gasteiger partial charge in [0.05, 0.1) is 25.8 Å². The molecular weight excluding hydrogens is 304 g/mol. The lowest BCUT2D eigenvalue weighted by Crippen LogP contribution is -2.41. The minimum absolute atomic E-state index is 0. The minimum atomic E-state index is -0.0653. The summed E-state index contributed by atoms with van der Waals surface area (Å²) in [4.78, 5) is 12.1. The number of halogens is 1. The van der Waals surface area contributed by atoms with E-state index in [2.05, 4.69) is 10.6 Å². The van der Waals surface area contributed by atoms with Gasteiger partial charge in [0, 0.05) is 0 Å². The van der Waals surface area contributed by atoms with Crippen LogP contribution in [0, 0.1) is 0 Å². The third-order valence-electron chi connectivity index (χ3n) is 3.72. The highest BCUT2D eigenvalue weighted by Gasteiger charge is 2.23. The quantitative estimate of drug-likeness (QED) is 0.842. The van der Waals surface area contributed by atoms with Gasteiger partial charge in [-0.2, -0.15) is 0 Å². The first-order chi connectivity index (χ1) is 10.2. The zero-order valence-electron chi connectivity index (χ0n) is 13.3. The van der Waals surface area contributed by atoms with Crippen molar-refractivity contribution in [3.63, 3.8) is 0 Å². The predicted octanol–water partition coefficient (Wildman–Crippen LogP) is 2.44. The van der Waals surface area contributed by atoms with E-state index < -0.39 is 0 Å². The second-order valence-corrected chi connectivity index (χ2v) is 5.22. The number of carbonyl (C=O) groups excluding carboxylic acids is 1. The maximum atomic E-state index is 12.1. The summed E-state index contributed by atoms with van der Waals surface area (Å²) >= 11 is 0. The van der Waals surface area contributed by atoms with E-state index in [0.29, 0.717) is 12.4 Å². The predicted molar refractivity (Wildman–Crippen MR) is 89.0 cm³/mol. The smallest absolute Gasteiger partial charge is 0.237 e. The number of ether oxygens (including phenoxy) is 2. The summed E-state index contributed by atoms with van der Waals surface area (Å²) in [6.07, 6.45) is 1.97. The first-order valence-electron chi connectivity index (χ1n) is 7.50. The van der Waals surface area contributed by atoms with E-state index in [4.69, 9.17) is 9.47 Å². The first-order valence-corrected chi connectivity index (χ1v) is 7.50. The SMILES string of the molecule is CCOc1ccc(C(C)NC(=O)C2CCCN2)cc1OC.Cl. The number of hydrogen-bond acceptors (Lipinski definition) is 4. The van der Waals surface area contributed by atoms with Gasteiger partial charge >= 0.3 is 0 Å². The molecule has 1 aromatic carbocycles. The number of methoxy groups -OCH3 is 1. The summed E-state index contributed by atoms with van der Waals surface area (Å²) in [6, 6.07) is 5.63. The topological polar surface area (TPSA) is 59.6 Å². The van der Waals surface area contributed by atoms with Crippen molar-refractivity contribution in [1.29, 1.82) is 0 Å². The Kier molecular flexibility index (Phi) is 7.48. The molecule has 1 aliphatic rings. The molecule has 1 aliphatic heterocycles. The normalized spacial score (nSPS) is 18.2. The molecule has 1 aromatic rings. The van der Waals surface area contributed by atoms with Crippen LogP contribution in [0.1, 0.15) is 38.3 Å². The van der Waals surface area contributed by atoms with Crippen LogP contribution in [0.25, 0.3) is 0 Å². The van der Waals surface area contributed by atoms with Crippen LogP contribution in [-0.2, 0) is 4.79 Å². The van der Waals surface area contributed by atoms with Crippen LogP contribution in [0.3, 0.4) is 0 Å². The summed E-state index contributed by atoms with van der Waals surface area (Å²) in [7, 11) is 1.62. The zero-order chi connectivity index (χ0) is 15.2. The average molecular weight is 329 g/mol. The Bertz CT molecular complexity index is 490. The van der Waals surface area contributed by atoms with Crippen molar-refractivity contribution in [1.82, 2.24) is 10.6 Å². The maximum absolute atomic E-state index is 12.1. The number of rotatable bonds is 6.